The van der Waals surface area contributed by atoms with E-state index in [-0.39, 0.29) is 49.5 Å². The summed E-state index contributed by atoms with van der Waals surface area (Å²) in [4.78, 5) is 100. The van der Waals surface area contributed by atoms with Crippen molar-refractivity contribution in [3.63, 3.8) is 0 Å². The second-order valence-corrected chi connectivity index (χ2v) is 18.2. The number of Topliss-reactive ketones (excluding diaryl/α,β-unsaturated/α-hetero) is 2. The van der Waals surface area contributed by atoms with Crippen LogP contribution in [0.2, 0.25) is 0 Å². The number of hydrogen-bond acceptors (Lipinski definition) is 8. The Kier molecular flexibility index (Phi) is 14.0. The maximum atomic E-state index is 15.1. The van der Waals surface area contributed by atoms with Gasteiger partial charge in [-0.05, 0) is 90.5 Å². The Balaban J connectivity index is 1.68. The second kappa shape index (κ2) is 17.5. The molecule has 1 heterocycles. The third kappa shape index (κ3) is 10.2. The maximum Gasteiger partial charge on any atom is 0.315 e. The molecular weight excluding hydrogens is 690 g/mol. The molecule has 0 aromatic heterocycles. The fraction of sp³-hybridized carbons (Fsp3) is 0.825. The summed E-state index contributed by atoms with van der Waals surface area (Å²) in [5.41, 5.74) is -2.24. The lowest BCUT2D eigenvalue weighted by atomic mass is 9.76. The van der Waals surface area contributed by atoms with Crippen LogP contribution in [-0.2, 0) is 28.8 Å². The van der Waals surface area contributed by atoms with E-state index in [0.717, 1.165) is 44.9 Å². The van der Waals surface area contributed by atoms with Gasteiger partial charge in [0.2, 0.25) is 23.5 Å². The molecule has 14 nitrogen and oxygen atoms in total. The molecule has 4 aliphatic rings. The first-order chi connectivity index (χ1) is 25.3. The normalized spacial score (nSPS) is 25.5. The summed E-state index contributed by atoms with van der Waals surface area (Å²) in [6.45, 7) is 17.9. The minimum atomic E-state index is -1.07. The number of nitrogens with zero attached hydrogens (tertiary/aromatic N) is 2. The summed E-state index contributed by atoms with van der Waals surface area (Å²) < 4.78 is 0. The topological polar surface area (TPSA) is 186 Å². The van der Waals surface area contributed by atoms with Crippen LogP contribution in [0.5, 0.6) is 0 Å². The molecule has 3 saturated carbocycles. The van der Waals surface area contributed by atoms with Crippen LogP contribution < -0.4 is 26.6 Å². The molecular formula is C40H67N7O7. The lowest BCUT2D eigenvalue weighted by Gasteiger charge is -2.41. The van der Waals surface area contributed by atoms with Gasteiger partial charge in [-0.2, -0.15) is 0 Å². The number of likely N-dealkylation sites (N-methyl/N-ethyl adjacent to an activating group) is 2. The predicted octanol–water partition coefficient (Wildman–Crippen LogP) is 3.17. The van der Waals surface area contributed by atoms with E-state index in [4.69, 9.17) is 0 Å². The van der Waals surface area contributed by atoms with E-state index in [1.54, 1.807) is 4.90 Å². The zero-order valence-electron chi connectivity index (χ0n) is 34.2. The Hall–Kier alpha value is -3.55. The summed E-state index contributed by atoms with van der Waals surface area (Å²) in [5.74, 6) is -4.83. The van der Waals surface area contributed by atoms with Crippen LogP contribution in [0.15, 0.2) is 0 Å². The van der Waals surface area contributed by atoms with Gasteiger partial charge in [0.15, 0.2) is 5.78 Å². The Morgan fingerprint density at radius 3 is 1.98 bits per heavy atom. The van der Waals surface area contributed by atoms with Crippen LogP contribution in [0.3, 0.4) is 0 Å². The third-order valence-corrected chi connectivity index (χ3v) is 11.7. The number of nitrogens with one attached hydrogen (secondary N) is 5. The van der Waals surface area contributed by atoms with Crippen LogP contribution in [0.25, 0.3) is 0 Å². The molecule has 0 aromatic carbocycles. The van der Waals surface area contributed by atoms with Crippen molar-refractivity contribution in [2.24, 2.45) is 23.2 Å². The summed E-state index contributed by atoms with van der Waals surface area (Å²) in [6, 6.07) is -3.47. The van der Waals surface area contributed by atoms with Crippen LogP contribution in [-0.4, -0.2) is 106 Å². The third-order valence-electron chi connectivity index (χ3n) is 11.7. The van der Waals surface area contributed by atoms with Gasteiger partial charge in [-0.3, -0.25) is 33.7 Å². The number of carbonyl (C=O) groups is 7. The van der Waals surface area contributed by atoms with Crippen molar-refractivity contribution in [2.75, 3.05) is 19.6 Å². The fourth-order valence-electron chi connectivity index (χ4n) is 8.82. The highest BCUT2D eigenvalue weighted by Crippen LogP contribution is 2.49. The molecule has 0 bridgehead atoms. The molecule has 5 N–H and O–H groups in total. The molecule has 4 fully saturated rings. The maximum absolute atomic E-state index is 15.1. The van der Waals surface area contributed by atoms with Crippen molar-refractivity contribution in [3.05, 3.63) is 0 Å². The van der Waals surface area contributed by atoms with Gasteiger partial charge in [0, 0.05) is 24.0 Å². The van der Waals surface area contributed by atoms with E-state index in [2.05, 4.69) is 26.6 Å². The summed E-state index contributed by atoms with van der Waals surface area (Å²) in [5, 5.41) is 14.4. The molecule has 3 unspecified atom stereocenters. The van der Waals surface area contributed by atoms with Gasteiger partial charge in [0.1, 0.15) is 6.04 Å². The summed E-state index contributed by atoms with van der Waals surface area (Å²) in [7, 11) is 0. The first kappa shape index (κ1) is 43.2. The first-order valence-corrected chi connectivity index (χ1v) is 20.4. The molecule has 0 aromatic rings. The number of hydrogen-bond donors (Lipinski definition) is 5. The molecule has 304 valence electrons. The van der Waals surface area contributed by atoms with Gasteiger partial charge in [-0.15, -0.1) is 0 Å². The minimum absolute atomic E-state index is 0.0265. The van der Waals surface area contributed by atoms with Crippen LogP contribution in [0.1, 0.15) is 133 Å². The zero-order chi connectivity index (χ0) is 40.2. The van der Waals surface area contributed by atoms with Crippen molar-refractivity contribution in [2.45, 2.75) is 168 Å². The fourth-order valence-corrected chi connectivity index (χ4v) is 8.82. The smallest absolute Gasteiger partial charge is 0.315 e. The Bertz CT molecular complexity index is 1430. The number of ketones is 2. The molecule has 1 aliphatic heterocycles. The number of amides is 6. The average Bonchev–Trinajstić information content (AvgIpc) is 3.76. The van der Waals surface area contributed by atoms with Crippen molar-refractivity contribution in [1.82, 2.24) is 36.4 Å². The Labute approximate surface area is 321 Å². The highest BCUT2D eigenvalue weighted by molar-refractivity contribution is 6.38. The monoisotopic (exact) mass is 758 g/mol. The number of urea groups is 1. The highest BCUT2D eigenvalue weighted by atomic mass is 16.2. The van der Waals surface area contributed by atoms with E-state index < -0.39 is 76.1 Å². The molecule has 14 heteroatoms. The molecule has 4 rings (SSSR count). The van der Waals surface area contributed by atoms with Crippen molar-refractivity contribution in [3.8, 4) is 0 Å². The summed E-state index contributed by atoms with van der Waals surface area (Å²) >= 11 is 0. The number of carbonyl (C=O) groups excluding carboxylic acids is 7. The lowest BCUT2D eigenvalue weighted by molar-refractivity contribution is -0.141. The van der Waals surface area contributed by atoms with Crippen LogP contribution >= 0.6 is 0 Å². The van der Waals surface area contributed by atoms with Crippen molar-refractivity contribution < 1.29 is 33.6 Å². The van der Waals surface area contributed by atoms with Crippen molar-refractivity contribution in [1.29, 1.82) is 0 Å². The van der Waals surface area contributed by atoms with Gasteiger partial charge in [-0.1, -0.05) is 60.3 Å². The molecule has 6 amide bonds. The van der Waals surface area contributed by atoms with E-state index >= 15 is 4.79 Å². The molecule has 0 radical (unpaired) electrons. The van der Waals surface area contributed by atoms with Crippen LogP contribution in [0, 0.1) is 23.2 Å². The number of rotatable bonds is 15. The van der Waals surface area contributed by atoms with E-state index in [9.17, 15) is 28.8 Å². The van der Waals surface area contributed by atoms with Crippen molar-refractivity contribution >= 4 is 41.2 Å². The second-order valence-electron chi connectivity index (χ2n) is 18.2. The highest BCUT2D eigenvalue weighted by Gasteiger charge is 2.61. The Morgan fingerprint density at radius 1 is 0.815 bits per heavy atom. The van der Waals surface area contributed by atoms with Gasteiger partial charge in [0.05, 0.1) is 30.2 Å². The van der Waals surface area contributed by atoms with E-state index in [1.165, 1.54) is 0 Å². The lowest BCUT2D eigenvalue weighted by Crippen LogP contribution is -2.61. The first-order valence-electron chi connectivity index (χ1n) is 20.4. The predicted molar refractivity (Wildman–Crippen MR) is 205 cm³/mol. The van der Waals surface area contributed by atoms with Gasteiger partial charge in [-0.25, -0.2) is 4.79 Å². The van der Waals surface area contributed by atoms with Crippen LogP contribution in [0.4, 0.5) is 4.79 Å². The SMILES string of the molecule is CCCC(NC(=O)[C@@H]1CC2(CC1C(=O)[C@@H](NC(=O)[C@@H](NC(=O)NC(C)(C)C)C1CCCCC1)C(C)(C)C)N(CC)CC(=O)N2CC)C(=O)C(=O)NC1CC1. The van der Waals surface area contributed by atoms with Gasteiger partial charge < -0.3 is 31.5 Å². The molecule has 54 heavy (non-hydrogen) atoms. The molecule has 1 spiro atoms. The zero-order valence-corrected chi connectivity index (χ0v) is 34.2. The van der Waals surface area contributed by atoms with E-state index in [1.807, 2.05) is 67.2 Å². The van der Waals surface area contributed by atoms with Gasteiger partial charge >= 0.3 is 6.03 Å². The standard InChI is InChI=1S/C40H67N7O7/c1-10-16-28(32(50)36(53)41-25-19-20-25)42-34(51)27-22-40(46(11-2)23-29(48)47(40)12-3)21-26(27)31(49)33(38(4,5)6)44-35(52)30(24-17-14-13-15-18-24)43-37(54)45-39(7,8)9/h24-28,30,33H,10-23H2,1-9H3,(H,41,53)(H,42,51)(H,44,52)(H2,43,45,54)/t26?,27-,28?,30+,33-,40?/m1/s1. The molecule has 1 saturated heterocycles. The average molecular weight is 758 g/mol. The Morgan fingerprint density at radius 2 is 1.44 bits per heavy atom. The summed E-state index contributed by atoms with van der Waals surface area (Å²) in [6.07, 6.45) is 7.19. The van der Waals surface area contributed by atoms with E-state index in [0.29, 0.717) is 19.5 Å². The largest absolute Gasteiger partial charge is 0.347 e. The quantitative estimate of drug-likeness (QED) is 0.158. The molecule has 3 aliphatic carbocycles. The minimum Gasteiger partial charge on any atom is -0.347 e. The van der Waals surface area contributed by atoms with Gasteiger partial charge in [0.25, 0.3) is 5.91 Å². The molecule has 6 atom stereocenters.